The highest BCUT2D eigenvalue weighted by Gasteiger charge is 2.42. The summed E-state index contributed by atoms with van der Waals surface area (Å²) in [6.07, 6.45) is 10.0. The van der Waals surface area contributed by atoms with Gasteiger partial charge in [0.2, 0.25) is 0 Å². The van der Waals surface area contributed by atoms with Crippen LogP contribution in [0.25, 0.3) is 0 Å². The lowest BCUT2D eigenvalue weighted by Crippen LogP contribution is -2.60. The van der Waals surface area contributed by atoms with Crippen molar-refractivity contribution >= 4 is 0 Å². The zero-order valence-corrected chi connectivity index (χ0v) is 13.2. The number of pyridine rings is 1. The highest BCUT2D eigenvalue weighted by atomic mass is 15.3. The van der Waals surface area contributed by atoms with Gasteiger partial charge in [-0.2, -0.15) is 0 Å². The first-order chi connectivity index (χ1) is 10.2. The van der Waals surface area contributed by atoms with Gasteiger partial charge >= 0.3 is 0 Å². The zero-order valence-electron chi connectivity index (χ0n) is 13.2. The second-order valence-electron chi connectivity index (χ2n) is 6.74. The van der Waals surface area contributed by atoms with Crippen LogP contribution in [0, 0.1) is 0 Å². The van der Waals surface area contributed by atoms with Gasteiger partial charge in [-0.05, 0) is 63.4 Å². The Morgan fingerprint density at radius 2 is 2.19 bits per heavy atom. The van der Waals surface area contributed by atoms with Crippen LogP contribution in [0.4, 0.5) is 0 Å². The first kappa shape index (κ1) is 14.9. The first-order valence-electron chi connectivity index (χ1n) is 8.28. The molecule has 2 unspecified atom stereocenters. The van der Waals surface area contributed by atoms with Crippen molar-refractivity contribution in [3.63, 3.8) is 0 Å². The van der Waals surface area contributed by atoms with Gasteiger partial charge in [-0.15, -0.1) is 0 Å². The van der Waals surface area contributed by atoms with Crippen LogP contribution in [0.15, 0.2) is 24.5 Å². The Morgan fingerprint density at radius 1 is 1.38 bits per heavy atom. The lowest BCUT2D eigenvalue weighted by Gasteiger charge is -2.49. The molecule has 4 nitrogen and oxygen atoms in total. The Balaban J connectivity index is 1.62. The van der Waals surface area contributed by atoms with Crippen LogP contribution >= 0.6 is 0 Å². The number of nitrogens with two attached hydrogens (primary N) is 1. The molecular formula is C17H28N4. The van der Waals surface area contributed by atoms with Gasteiger partial charge in [0.25, 0.3) is 0 Å². The molecule has 2 saturated heterocycles. The number of hydrogen-bond donors (Lipinski definition) is 1. The molecule has 116 valence electrons. The topological polar surface area (TPSA) is 45.4 Å². The third kappa shape index (κ3) is 3.12. The molecule has 0 saturated carbocycles. The summed E-state index contributed by atoms with van der Waals surface area (Å²) >= 11 is 0. The molecule has 3 heterocycles. The summed E-state index contributed by atoms with van der Waals surface area (Å²) in [4.78, 5) is 9.29. The van der Waals surface area contributed by atoms with E-state index in [0.717, 1.165) is 25.6 Å². The lowest BCUT2D eigenvalue weighted by molar-refractivity contribution is 0.0274. The van der Waals surface area contributed by atoms with E-state index in [-0.39, 0.29) is 5.54 Å². The minimum Gasteiger partial charge on any atom is -0.329 e. The SMILES string of the molecule is CN(CCc1ccncc1)C1(CN)CCN2CCCC2C1. The molecule has 0 amide bonds. The Hall–Kier alpha value is -0.970. The average molecular weight is 288 g/mol. The van der Waals surface area contributed by atoms with Crippen molar-refractivity contribution in [2.24, 2.45) is 5.73 Å². The van der Waals surface area contributed by atoms with Crippen LogP contribution in [-0.2, 0) is 6.42 Å². The minimum atomic E-state index is 0.207. The van der Waals surface area contributed by atoms with E-state index >= 15 is 0 Å². The number of likely N-dealkylation sites (N-methyl/N-ethyl adjacent to an activating group) is 1. The van der Waals surface area contributed by atoms with Gasteiger partial charge in [-0.1, -0.05) is 0 Å². The molecule has 21 heavy (non-hydrogen) atoms. The van der Waals surface area contributed by atoms with E-state index in [2.05, 4.69) is 34.0 Å². The molecule has 0 spiro atoms. The van der Waals surface area contributed by atoms with Crippen LogP contribution < -0.4 is 5.73 Å². The molecule has 2 fully saturated rings. The fourth-order valence-electron chi connectivity index (χ4n) is 4.08. The molecule has 2 aliphatic heterocycles. The normalized spacial score (nSPS) is 29.8. The van der Waals surface area contributed by atoms with Gasteiger partial charge < -0.3 is 10.6 Å². The number of hydrogen-bond acceptors (Lipinski definition) is 4. The molecule has 0 radical (unpaired) electrons. The van der Waals surface area contributed by atoms with Gasteiger partial charge in [0.05, 0.1) is 0 Å². The Morgan fingerprint density at radius 3 is 2.95 bits per heavy atom. The number of rotatable bonds is 5. The van der Waals surface area contributed by atoms with E-state index in [0.29, 0.717) is 0 Å². The van der Waals surface area contributed by atoms with Gasteiger partial charge in [0.15, 0.2) is 0 Å². The molecule has 0 aliphatic carbocycles. The molecule has 2 atom stereocenters. The second-order valence-corrected chi connectivity index (χ2v) is 6.74. The van der Waals surface area contributed by atoms with Crippen LogP contribution in [0.2, 0.25) is 0 Å². The molecule has 0 aromatic carbocycles. The third-order valence-electron chi connectivity index (χ3n) is 5.65. The average Bonchev–Trinajstić information content (AvgIpc) is 3.00. The minimum absolute atomic E-state index is 0.207. The van der Waals surface area contributed by atoms with E-state index in [1.54, 1.807) is 0 Å². The van der Waals surface area contributed by atoms with Crippen molar-refractivity contribution in [2.75, 3.05) is 33.2 Å². The summed E-state index contributed by atoms with van der Waals surface area (Å²) in [6.45, 7) is 4.38. The molecule has 1 aromatic heterocycles. The fraction of sp³-hybridized carbons (Fsp3) is 0.706. The third-order valence-corrected chi connectivity index (χ3v) is 5.65. The Bertz CT molecular complexity index is 449. The second kappa shape index (κ2) is 6.42. The summed E-state index contributed by atoms with van der Waals surface area (Å²) in [6, 6.07) is 5.00. The van der Waals surface area contributed by atoms with E-state index in [1.807, 2.05) is 12.4 Å². The van der Waals surface area contributed by atoms with Gasteiger partial charge in [0.1, 0.15) is 0 Å². The summed E-state index contributed by atoms with van der Waals surface area (Å²) in [5.74, 6) is 0. The predicted molar refractivity (Wildman–Crippen MR) is 86.2 cm³/mol. The highest BCUT2D eigenvalue weighted by Crippen LogP contribution is 2.35. The monoisotopic (exact) mass is 288 g/mol. The maximum atomic E-state index is 6.22. The van der Waals surface area contributed by atoms with Gasteiger partial charge in [0, 0.05) is 43.6 Å². The number of fused-ring (bicyclic) bond motifs is 1. The van der Waals surface area contributed by atoms with E-state index in [9.17, 15) is 0 Å². The molecule has 2 N–H and O–H groups in total. The van der Waals surface area contributed by atoms with Crippen LogP contribution in [-0.4, -0.2) is 59.6 Å². The molecule has 3 rings (SSSR count). The largest absolute Gasteiger partial charge is 0.329 e. The van der Waals surface area contributed by atoms with Crippen LogP contribution in [0.5, 0.6) is 0 Å². The fourth-order valence-corrected chi connectivity index (χ4v) is 4.08. The Labute approximate surface area is 128 Å². The maximum Gasteiger partial charge on any atom is 0.0355 e. The zero-order chi connectivity index (χ0) is 14.7. The van der Waals surface area contributed by atoms with Gasteiger partial charge in [-0.3, -0.25) is 9.88 Å². The summed E-state index contributed by atoms with van der Waals surface area (Å²) in [7, 11) is 2.26. The van der Waals surface area contributed by atoms with Crippen molar-refractivity contribution in [3.05, 3.63) is 30.1 Å². The quantitative estimate of drug-likeness (QED) is 0.892. The van der Waals surface area contributed by atoms with Crippen LogP contribution in [0.3, 0.4) is 0 Å². The van der Waals surface area contributed by atoms with E-state index in [4.69, 9.17) is 5.73 Å². The summed E-state index contributed by atoms with van der Waals surface area (Å²) in [5.41, 5.74) is 7.79. The number of piperidine rings is 1. The molecule has 2 aliphatic rings. The maximum absolute atomic E-state index is 6.22. The van der Waals surface area contributed by atoms with Crippen molar-refractivity contribution < 1.29 is 0 Å². The van der Waals surface area contributed by atoms with E-state index < -0.39 is 0 Å². The van der Waals surface area contributed by atoms with Crippen molar-refractivity contribution in [1.82, 2.24) is 14.8 Å². The number of aromatic nitrogens is 1. The standard InChI is InChI=1S/C17H28N4/c1-20(11-6-15-4-8-19-9-5-15)17(14-18)7-12-21-10-2-3-16(21)13-17/h4-5,8-9,16H,2-3,6-7,10-14,18H2,1H3. The van der Waals surface area contributed by atoms with Crippen molar-refractivity contribution in [2.45, 2.75) is 43.7 Å². The lowest BCUT2D eigenvalue weighted by atomic mass is 9.81. The molecule has 4 heteroatoms. The number of nitrogens with zero attached hydrogens (tertiary/aromatic N) is 3. The van der Waals surface area contributed by atoms with Gasteiger partial charge in [-0.25, -0.2) is 0 Å². The first-order valence-corrected chi connectivity index (χ1v) is 8.28. The van der Waals surface area contributed by atoms with Crippen molar-refractivity contribution in [3.8, 4) is 0 Å². The smallest absolute Gasteiger partial charge is 0.0355 e. The van der Waals surface area contributed by atoms with Crippen molar-refractivity contribution in [1.29, 1.82) is 0 Å². The van der Waals surface area contributed by atoms with E-state index in [1.165, 1.54) is 44.3 Å². The Kier molecular flexibility index (Phi) is 4.57. The molecule has 0 bridgehead atoms. The molecule has 1 aromatic rings. The predicted octanol–water partition coefficient (Wildman–Crippen LogP) is 1.51. The summed E-state index contributed by atoms with van der Waals surface area (Å²) < 4.78 is 0. The molecular weight excluding hydrogens is 260 g/mol. The summed E-state index contributed by atoms with van der Waals surface area (Å²) in [5, 5.41) is 0. The highest BCUT2D eigenvalue weighted by molar-refractivity contribution is 5.10. The van der Waals surface area contributed by atoms with Crippen LogP contribution in [0.1, 0.15) is 31.2 Å².